The summed E-state index contributed by atoms with van der Waals surface area (Å²) >= 11 is 0. The molecule has 0 aromatic carbocycles. The molecule has 2 N–H and O–H groups in total. The number of nitrogens with zero attached hydrogens (tertiary/aromatic N) is 2. The second kappa shape index (κ2) is 7.31. The molecule has 0 aliphatic carbocycles. The number of nitrogens with one attached hydrogen (secondary N) is 2. The van der Waals surface area contributed by atoms with E-state index in [1.165, 1.54) is 0 Å². The summed E-state index contributed by atoms with van der Waals surface area (Å²) in [6.45, 7) is 7.31. The molecule has 3 aromatic rings. The van der Waals surface area contributed by atoms with Crippen LogP contribution < -0.4 is 10.1 Å². The lowest BCUT2D eigenvalue weighted by atomic mass is 10.2. The zero-order valence-electron chi connectivity index (χ0n) is 14.2. The zero-order chi connectivity index (χ0) is 16.9. The van der Waals surface area contributed by atoms with E-state index in [9.17, 15) is 0 Å². The van der Waals surface area contributed by atoms with Crippen LogP contribution in [0.4, 0.5) is 0 Å². The Labute approximate surface area is 141 Å². The molecule has 24 heavy (non-hydrogen) atoms. The van der Waals surface area contributed by atoms with E-state index in [0.29, 0.717) is 12.4 Å². The van der Waals surface area contributed by atoms with Gasteiger partial charge in [-0.25, -0.2) is 4.98 Å². The van der Waals surface area contributed by atoms with E-state index in [1.807, 2.05) is 57.4 Å². The fraction of sp³-hybridized carbons (Fsp3) is 0.333. The van der Waals surface area contributed by atoms with Crippen molar-refractivity contribution in [2.45, 2.75) is 40.0 Å². The van der Waals surface area contributed by atoms with Crippen LogP contribution in [0.1, 0.15) is 30.7 Å². The second-order valence-electron chi connectivity index (χ2n) is 5.96. The fourth-order valence-corrected chi connectivity index (χ4v) is 2.40. The lowest BCUT2D eigenvalue weighted by Crippen LogP contribution is -2.13. The third kappa shape index (κ3) is 4.02. The molecule has 3 heterocycles. The van der Waals surface area contributed by atoms with E-state index in [-0.39, 0.29) is 6.10 Å². The van der Waals surface area contributed by atoms with Gasteiger partial charge in [0.15, 0.2) is 5.76 Å². The molecule has 0 saturated carbocycles. The van der Waals surface area contributed by atoms with Crippen LogP contribution in [-0.4, -0.2) is 21.3 Å². The van der Waals surface area contributed by atoms with Crippen molar-refractivity contribution in [1.29, 1.82) is 0 Å². The minimum absolute atomic E-state index is 0.131. The molecule has 0 unspecified atom stereocenters. The quantitative estimate of drug-likeness (QED) is 0.695. The second-order valence-corrected chi connectivity index (χ2v) is 5.96. The summed E-state index contributed by atoms with van der Waals surface area (Å²) in [6, 6.07) is 7.80. The molecule has 0 fully saturated rings. The molecule has 3 aromatic heterocycles. The lowest BCUT2D eigenvalue weighted by molar-refractivity contribution is 0.232. The molecule has 0 amide bonds. The molecule has 0 bridgehead atoms. The number of hydrogen-bond donors (Lipinski definition) is 2. The van der Waals surface area contributed by atoms with E-state index < -0.39 is 0 Å². The minimum Gasteiger partial charge on any atom is -0.475 e. The highest BCUT2D eigenvalue weighted by molar-refractivity contribution is 5.56. The Bertz CT molecular complexity index is 774. The van der Waals surface area contributed by atoms with Gasteiger partial charge in [-0.15, -0.1) is 0 Å². The first-order valence-corrected chi connectivity index (χ1v) is 8.03. The molecule has 6 nitrogen and oxygen atoms in total. The molecule has 0 aliphatic rings. The van der Waals surface area contributed by atoms with E-state index in [4.69, 9.17) is 9.15 Å². The summed E-state index contributed by atoms with van der Waals surface area (Å²) in [5.74, 6) is 2.34. The van der Waals surface area contributed by atoms with E-state index in [2.05, 4.69) is 20.5 Å². The van der Waals surface area contributed by atoms with Crippen LogP contribution >= 0.6 is 0 Å². The highest BCUT2D eigenvalue weighted by atomic mass is 16.5. The van der Waals surface area contributed by atoms with Crippen molar-refractivity contribution < 1.29 is 9.15 Å². The number of aromatic nitrogens is 3. The Kier molecular flexibility index (Phi) is 4.96. The number of hydrogen-bond acceptors (Lipinski definition) is 5. The largest absolute Gasteiger partial charge is 0.475 e. The standard InChI is InChI=1S/C18H22N4O2/c1-12(2)23-17-7-5-14(9-20-17)8-19-10-15-11-21-22-18(15)16-6-4-13(3)24-16/h4-7,9,11-12,19H,8,10H2,1-3H3,(H,21,22). The van der Waals surface area contributed by atoms with Crippen molar-refractivity contribution in [3.8, 4) is 17.3 Å². The Hall–Kier alpha value is -2.60. The number of ether oxygens (including phenoxy) is 1. The van der Waals surface area contributed by atoms with Gasteiger partial charge in [0.25, 0.3) is 0 Å². The predicted octanol–water partition coefficient (Wildman–Crippen LogP) is 3.45. The van der Waals surface area contributed by atoms with Gasteiger partial charge in [0, 0.05) is 30.9 Å². The maximum absolute atomic E-state index is 5.66. The highest BCUT2D eigenvalue weighted by Crippen LogP contribution is 2.23. The minimum atomic E-state index is 0.131. The SMILES string of the molecule is Cc1ccc(-c2[nH]ncc2CNCc2ccc(OC(C)C)nc2)o1. The number of aryl methyl sites for hydroxylation is 1. The van der Waals surface area contributed by atoms with Crippen molar-refractivity contribution in [2.75, 3.05) is 0 Å². The normalized spacial score (nSPS) is 11.2. The summed E-state index contributed by atoms with van der Waals surface area (Å²) in [5, 5.41) is 10.5. The third-order valence-corrected chi connectivity index (χ3v) is 3.50. The van der Waals surface area contributed by atoms with Crippen molar-refractivity contribution >= 4 is 0 Å². The molecule has 0 atom stereocenters. The predicted molar refractivity (Wildman–Crippen MR) is 91.6 cm³/mol. The molecule has 3 rings (SSSR count). The first kappa shape index (κ1) is 16.3. The van der Waals surface area contributed by atoms with Gasteiger partial charge in [0.1, 0.15) is 11.5 Å². The maximum Gasteiger partial charge on any atom is 0.213 e. The Morgan fingerprint density at radius 1 is 1.17 bits per heavy atom. The van der Waals surface area contributed by atoms with Crippen LogP contribution in [-0.2, 0) is 13.1 Å². The van der Waals surface area contributed by atoms with Gasteiger partial charge in [0.2, 0.25) is 5.88 Å². The smallest absolute Gasteiger partial charge is 0.213 e. The van der Waals surface area contributed by atoms with Crippen molar-refractivity contribution in [3.05, 3.63) is 53.5 Å². The van der Waals surface area contributed by atoms with Crippen LogP contribution in [0.2, 0.25) is 0 Å². The summed E-state index contributed by atoms with van der Waals surface area (Å²) in [5.41, 5.74) is 3.08. The lowest BCUT2D eigenvalue weighted by Gasteiger charge is -2.09. The van der Waals surface area contributed by atoms with Gasteiger partial charge in [-0.2, -0.15) is 5.10 Å². The van der Waals surface area contributed by atoms with Gasteiger partial charge in [-0.1, -0.05) is 6.07 Å². The average molecular weight is 326 g/mol. The molecular weight excluding hydrogens is 304 g/mol. The maximum atomic E-state index is 5.66. The van der Waals surface area contributed by atoms with E-state index in [1.54, 1.807) is 0 Å². The first-order valence-electron chi connectivity index (χ1n) is 8.03. The van der Waals surface area contributed by atoms with E-state index in [0.717, 1.165) is 34.9 Å². The highest BCUT2D eigenvalue weighted by Gasteiger charge is 2.10. The molecular formula is C18H22N4O2. The third-order valence-electron chi connectivity index (χ3n) is 3.50. The first-order chi connectivity index (χ1) is 11.6. The molecule has 0 radical (unpaired) electrons. The van der Waals surface area contributed by atoms with Gasteiger partial charge in [-0.05, 0) is 38.5 Å². The summed E-state index contributed by atoms with van der Waals surface area (Å²) in [7, 11) is 0. The monoisotopic (exact) mass is 326 g/mol. The Morgan fingerprint density at radius 3 is 2.71 bits per heavy atom. The number of furan rings is 1. The van der Waals surface area contributed by atoms with Crippen LogP contribution in [0.5, 0.6) is 5.88 Å². The number of aromatic amines is 1. The number of H-pyrrole nitrogens is 1. The van der Waals surface area contributed by atoms with Crippen LogP contribution in [0.15, 0.2) is 41.1 Å². The van der Waals surface area contributed by atoms with E-state index >= 15 is 0 Å². The topological polar surface area (TPSA) is 76.0 Å². The van der Waals surface area contributed by atoms with Crippen molar-refractivity contribution in [2.24, 2.45) is 0 Å². The molecule has 0 aliphatic heterocycles. The molecule has 126 valence electrons. The number of rotatable bonds is 7. The average Bonchev–Trinajstić information content (AvgIpc) is 3.17. The van der Waals surface area contributed by atoms with Crippen LogP contribution in [0.25, 0.3) is 11.5 Å². The summed E-state index contributed by atoms with van der Waals surface area (Å²) < 4.78 is 11.2. The van der Waals surface area contributed by atoms with Gasteiger partial charge in [0.05, 0.1) is 12.3 Å². The van der Waals surface area contributed by atoms with Gasteiger partial charge >= 0.3 is 0 Å². The summed E-state index contributed by atoms with van der Waals surface area (Å²) in [4.78, 5) is 4.31. The fourth-order valence-electron chi connectivity index (χ4n) is 2.40. The van der Waals surface area contributed by atoms with Gasteiger partial charge < -0.3 is 14.5 Å². The van der Waals surface area contributed by atoms with Gasteiger partial charge in [-0.3, -0.25) is 5.10 Å². The zero-order valence-corrected chi connectivity index (χ0v) is 14.2. The van der Waals surface area contributed by atoms with Crippen LogP contribution in [0.3, 0.4) is 0 Å². The van der Waals surface area contributed by atoms with Crippen LogP contribution in [0, 0.1) is 6.92 Å². The van der Waals surface area contributed by atoms with Crippen molar-refractivity contribution in [3.63, 3.8) is 0 Å². The Balaban J connectivity index is 1.56. The molecule has 0 spiro atoms. The molecule has 6 heteroatoms. The number of pyridine rings is 1. The Morgan fingerprint density at radius 2 is 2.04 bits per heavy atom. The van der Waals surface area contributed by atoms with Crippen molar-refractivity contribution in [1.82, 2.24) is 20.5 Å². The summed E-state index contributed by atoms with van der Waals surface area (Å²) in [6.07, 6.45) is 3.78. The molecule has 0 saturated heterocycles.